The van der Waals surface area contributed by atoms with E-state index in [1.54, 1.807) is 11.8 Å². The highest BCUT2D eigenvalue weighted by atomic mass is 32.2. The molecule has 0 radical (unpaired) electrons. The van der Waals surface area contributed by atoms with Gasteiger partial charge in [-0.15, -0.1) is 11.8 Å². The zero-order valence-corrected chi connectivity index (χ0v) is 10.3. The van der Waals surface area contributed by atoms with Crippen LogP contribution in [0.5, 0.6) is 0 Å². The second-order valence-corrected chi connectivity index (χ2v) is 5.26. The smallest absolute Gasteiger partial charge is 0.240 e. The minimum atomic E-state index is -0.485. The Hall–Kier alpha value is -1.20. The number of nitrogens with one attached hydrogen (secondary N) is 1. The molecule has 0 aliphatic rings. The molecule has 0 saturated heterocycles. The maximum atomic E-state index is 11.4. The predicted molar refractivity (Wildman–Crippen MR) is 67.7 cm³/mol. The van der Waals surface area contributed by atoms with Crippen LogP contribution in [0.2, 0.25) is 0 Å². The molecule has 0 atom stereocenters. The third-order valence-electron chi connectivity index (χ3n) is 2.23. The first-order chi connectivity index (χ1) is 7.45. The Morgan fingerprint density at radius 3 is 2.44 bits per heavy atom. The minimum absolute atomic E-state index is 0.157. The van der Waals surface area contributed by atoms with Crippen LogP contribution in [-0.4, -0.2) is 11.7 Å². The summed E-state index contributed by atoms with van der Waals surface area (Å²) in [5.41, 5.74) is 8.02. The Kier molecular flexibility index (Phi) is 4.20. The monoisotopic (exact) mass is 239 g/mol. The molecule has 1 aromatic carbocycles. The maximum Gasteiger partial charge on any atom is 0.240 e. The van der Waals surface area contributed by atoms with E-state index in [1.807, 2.05) is 38.1 Å². The number of nitrogens with two attached hydrogens (primary N) is 2. The summed E-state index contributed by atoms with van der Waals surface area (Å²) in [5.74, 6) is 5.63. The van der Waals surface area contributed by atoms with Crippen molar-refractivity contribution in [1.29, 1.82) is 0 Å². The number of hydrogen-bond donors (Lipinski definition) is 3. The number of carbonyl (C=O) groups excluding carboxylic acids is 1. The van der Waals surface area contributed by atoms with Crippen molar-refractivity contribution in [2.75, 3.05) is 11.5 Å². The summed E-state index contributed by atoms with van der Waals surface area (Å²) in [4.78, 5) is 12.5. The molecule has 0 unspecified atom stereocenters. The fourth-order valence-corrected chi connectivity index (χ4v) is 2.08. The number of thioether (sulfide) groups is 1. The number of hydrazine groups is 1. The highest BCUT2D eigenvalue weighted by molar-refractivity contribution is 7.99. The lowest BCUT2D eigenvalue weighted by Gasteiger charge is -2.21. The minimum Gasteiger partial charge on any atom is -0.399 e. The zero-order chi connectivity index (χ0) is 12.2. The van der Waals surface area contributed by atoms with Crippen LogP contribution in [-0.2, 0) is 4.79 Å². The van der Waals surface area contributed by atoms with E-state index in [2.05, 4.69) is 5.43 Å². The number of hydrogen-bond acceptors (Lipinski definition) is 4. The molecule has 16 heavy (non-hydrogen) atoms. The summed E-state index contributed by atoms with van der Waals surface area (Å²) >= 11 is 1.61. The highest BCUT2D eigenvalue weighted by Gasteiger charge is 2.26. The van der Waals surface area contributed by atoms with Crippen molar-refractivity contribution in [3.63, 3.8) is 0 Å². The fraction of sp³-hybridized carbons (Fsp3) is 0.364. The highest BCUT2D eigenvalue weighted by Crippen LogP contribution is 2.28. The lowest BCUT2D eigenvalue weighted by molar-refractivity contribution is -0.128. The van der Waals surface area contributed by atoms with Crippen LogP contribution in [0.25, 0.3) is 0 Å². The van der Waals surface area contributed by atoms with Gasteiger partial charge in [0.15, 0.2) is 0 Å². The van der Waals surface area contributed by atoms with Gasteiger partial charge in [-0.05, 0) is 24.3 Å². The Labute approximate surface area is 99.7 Å². The quantitative estimate of drug-likeness (QED) is 0.244. The molecular weight excluding hydrogens is 222 g/mol. The number of rotatable bonds is 4. The number of anilines is 1. The summed E-state index contributed by atoms with van der Waals surface area (Å²) in [6.07, 6.45) is 0. The molecule has 0 aromatic heterocycles. The summed E-state index contributed by atoms with van der Waals surface area (Å²) in [6.45, 7) is 3.72. The van der Waals surface area contributed by atoms with Crippen LogP contribution in [0, 0.1) is 5.41 Å². The van der Waals surface area contributed by atoms with E-state index < -0.39 is 5.41 Å². The lowest BCUT2D eigenvalue weighted by Crippen LogP contribution is -2.42. The summed E-state index contributed by atoms with van der Waals surface area (Å²) < 4.78 is 0. The molecule has 0 heterocycles. The van der Waals surface area contributed by atoms with Gasteiger partial charge in [0.05, 0.1) is 5.41 Å². The third kappa shape index (κ3) is 3.43. The van der Waals surface area contributed by atoms with Gasteiger partial charge in [-0.1, -0.05) is 13.8 Å². The molecule has 1 aromatic rings. The van der Waals surface area contributed by atoms with Gasteiger partial charge in [-0.2, -0.15) is 0 Å². The van der Waals surface area contributed by atoms with Gasteiger partial charge in [0.1, 0.15) is 0 Å². The normalized spacial score (nSPS) is 11.2. The average molecular weight is 239 g/mol. The Balaban J connectivity index is 2.57. The largest absolute Gasteiger partial charge is 0.399 e. The molecule has 0 fully saturated rings. The van der Waals surface area contributed by atoms with Gasteiger partial charge in [0.25, 0.3) is 0 Å². The third-order valence-corrected chi connectivity index (χ3v) is 3.70. The van der Waals surface area contributed by atoms with Crippen molar-refractivity contribution in [1.82, 2.24) is 5.43 Å². The van der Waals surface area contributed by atoms with Gasteiger partial charge in [0.2, 0.25) is 5.91 Å². The van der Waals surface area contributed by atoms with E-state index in [9.17, 15) is 4.79 Å². The molecule has 5 N–H and O–H groups in total. The summed E-state index contributed by atoms with van der Waals surface area (Å²) in [7, 11) is 0. The first kappa shape index (κ1) is 12.9. The van der Waals surface area contributed by atoms with E-state index in [0.29, 0.717) is 5.75 Å². The molecule has 0 aliphatic heterocycles. The standard InChI is InChI=1S/C11H17N3OS/c1-11(2,10(15)14-13)7-16-9-5-3-8(12)4-6-9/h3-6H,7,12-13H2,1-2H3,(H,14,15). The van der Waals surface area contributed by atoms with Crippen molar-refractivity contribution in [2.45, 2.75) is 18.7 Å². The van der Waals surface area contributed by atoms with Crippen molar-refractivity contribution in [2.24, 2.45) is 11.3 Å². The molecule has 88 valence electrons. The molecule has 0 saturated carbocycles. The van der Waals surface area contributed by atoms with Crippen molar-refractivity contribution >= 4 is 23.4 Å². The van der Waals surface area contributed by atoms with Crippen LogP contribution in [0.3, 0.4) is 0 Å². The van der Waals surface area contributed by atoms with E-state index in [4.69, 9.17) is 11.6 Å². The van der Waals surface area contributed by atoms with E-state index in [0.717, 1.165) is 10.6 Å². The predicted octanol–water partition coefficient (Wildman–Crippen LogP) is 1.38. The van der Waals surface area contributed by atoms with Crippen LogP contribution in [0.4, 0.5) is 5.69 Å². The van der Waals surface area contributed by atoms with E-state index >= 15 is 0 Å². The van der Waals surface area contributed by atoms with Crippen LogP contribution in [0.1, 0.15) is 13.8 Å². The topological polar surface area (TPSA) is 81.1 Å². The maximum absolute atomic E-state index is 11.4. The molecule has 4 nitrogen and oxygen atoms in total. The van der Waals surface area contributed by atoms with Gasteiger partial charge < -0.3 is 5.73 Å². The van der Waals surface area contributed by atoms with Crippen LogP contribution >= 0.6 is 11.8 Å². The SMILES string of the molecule is CC(C)(CSc1ccc(N)cc1)C(=O)NN. The Morgan fingerprint density at radius 2 is 1.94 bits per heavy atom. The Bertz CT molecular complexity index is 362. The first-order valence-electron chi connectivity index (χ1n) is 4.95. The van der Waals surface area contributed by atoms with E-state index in [-0.39, 0.29) is 5.91 Å². The lowest BCUT2D eigenvalue weighted by atomic mass is 9.96. The zero-order valence-electron chi connectivity index (χ0n) is 9.49. The number of nitrogen functional groups attached to an aromatic ring is 1. The second-order valence-electron chi connectivity index (χ2n) is 4.22. The number of benzene rings is 1. The van der Waals surface area contributed by atoms with Crippen molar-refractivity contribution in [3.05, 3.63) is 24.3 Å². The molecular formula is C11H17N3OS. The summed E-state index contributed by atoms with van der Waals surface area (Å²) in [5, 5.41) is 0. The molecule has 5 heteroatoms. The molecule has 0 bridgehead atoms. The average Bonchev–Trinajstić information content (AvgIpc) is 2.27. The number of carbonyl (C=O) groups is 1. The van der Waals surface area contributed by atoms with Crippen molar-refractivity contribution < 1.29 is 4.79 Å². The molecule has 1 amide bonds. The van der Waals surface area contributed by atoms with Gasteiger partial charge in [-0.3, -0.25) is 10.2 Å². The van der Waals surface area contributed by atoms with Gasteiger partial charge >= 0.3 is 0 Å². The van der Waals surface area contributed by atoms with E-state index in [1.165, 1.54) is 0 Å². The van der Waals surface area contributed by atoms with Gasteiger partial charge in [0, 0.05) is 16.3 Å². The molecule has 0 spiro atoms. The molecule has 0 aliphatic carbocycles. The van der Waals surface area contributed by atoms with Crippen LogP contribution < -0.4 is 17.0 Å². The van der Waals surface area contributed by atoms with Gasteiger partial charge in [-0.25, -0.2) is 5.84 Å². The first-order valence-corrected chi connectivity index (χ1v) is 5.93. The number of amides is 1. The van der Waals surface area contributed by atoms with Crippen molar-refractivity contribution in [3.8, 4) is 0 Å². The summed E-state index contributed by atoms with van der Waals surface area (Å²) in [6, 6.07) is 7.57. The molecule has 1 rings (SSSR count). The Morgan fingerprint density at radius 1 is 1.38 bits per heavy atom. The fourth-order valence-electron chi connectivity index (χ4n) is 1.09. The van der Waals surface area contributed by atoms with Crippen LogP contribution in [0.15, 0.2) is 29.2 Å². The second kappa shape index (κ2) is 5.23.